The molecular weight excluding hydrogens is 855 g/mol. The van der Waals surface area contributed by atoms with Gasteiger partial charge in [-0.1, -0.05) is 6.07 Å². The van der Waals surface area contributed by atoms with Gasteiger partial charge in [-0.2, -0.15) is 0 Å². The van der Waals surface area contributed by atoms with E-state index < -0.39 is 88.8 Å². The summed E-state index contributed by atoms with van der Waals surface area (Å²) in [4.78, 5) is 66.5. The van der Waals surface area contributed by atoms with Crippen LogP contribution < -0.4 is 24.7 Å². The minimum Gasteiger partial charge on any atom is -0.497 e. The third-order valence-corrected chi connectivity index (χ3v) is 10.2. The van der Waals surface area contributed by atoms with E-state index in [-0.39, 0.29) is 24.9 Å². The van der Waals surface area contributed by atoms with Crippen molar-refractivity contribution in [3.63, 3.8) is 0 Å². The summed E-state index contributed by atoms with van der Waals surface area (Å²) in [6.45, 7) is 22.9. The largest absolute Gasteiger partial charge is 0.497 e. The maximum atomic E-state index is 14.0. The molecule has 66 heavy (non-hydrogen) atoms. The second-order valence-electron chi connectivity index (χ2n) is 20.7. The summed E-state index contributed by atoms with van der Waals surface area (Å²) in [5, 5.41) is 5.01. The lowest BCUT2D eigenvalue weighted by Gasteiger charge is -2.45. The molecule has 0 radical (unpaired) electrons. The number of benzene rings is 2. The average Bonchev–Trinajstić information content (AvgIpc) is 3.57. The molecule has 5 atom stereocenters. The van der Waals surface area contributed by atoms with Crippen molar-refractivity contribution in [1.82, 2.24) is 9.78 Å². The normalized spacial score (nSPS) is 19.1. The first-order valence-corrected chi connectivity index (χ1v) is 21.9. The van der Waals surface area contributed by atoms with Gasteiger partial charge in [-0.25, -0.2) is 0 Å². The van der Waals surface area contributed by atoms with Crippen LogP contribution in [-0.4, -0.2) is 97.7 Å². The number of carbonyl (C=O) groups excluding carboxylic acids is 5. The molecule has 1 aliphatic heterocycles. The van der Waals surface area contributed by atoms with Crippen LogP contribution in [0.15, 0.2) is 42.5 Å². The van der Waals surface area contributed by atoms with Crippen molar-refractivity contribution in [2.75, 3.05) is 27.4 Å². The molecule has 2 aromatic carbocycles. The van der Waals surface area contributed by atoms with Crippen molar-refractivity contribution in [2.45, 2.75) is 140 Å². The van der Waals surface area contributed by atoms with Crippen molar-refractivity contribution >= 4 is 29.8 Å². The molecular formula is C49H69N3O14. The van der Waals surface area contributed by atoms with Gasteiger partial charge >= 0.3 is 23.9 Å². The lowest BCUT2D eigenvalue weighted by atomic mass is 9.93. The van der Waals surface area contributed by atoms with Crippen LogP contribution in [0.25, 0.3) is 11.3 Å². The Bertz CT molecular complexity index is 2200. The highest BCUT2D eigenvalue weighted by molar-refractivity contribution is 5.78. The number of nitrogens with zero attached hydrogens (tertiary/aromatic N) is 2. The molecule has 2 heterocycles. The summed E-state index contributed by atoms with van der Waals surface area (Å²) >= 11 is 0. The number of aromatic nitrogens is 2. The van der Waals surface area contributed by atoms with E-state index >= 15 is 0 Å². The van der Waals surface area contributed by atoms with Crippen LogP contribution in [0.5, 0.6) is 23.1 Å². The van der Waals surface area contributed by atoms with Crippen molar-refractivity contribution in [1.29, 1.82) is 0 Å². The molecule has 1 aliphatic rings. The van der Waals surface area contributed by atoms with Gasteiger partial charge in [0.05, 0.1) is 41.6 Å². The molecule has 0 spiro atoms. The van der Waals surface area contributed by atoms with Crippen molar-refractivity contribution in [2.24, 2.45) is 27.4 Å². The van der Waals surface area contributed by atoms with Gasteiger partial charge < -0.3 is 48.4 Å². The monoisotopic (exact) mass is 923 g/mol. The highest BCUT2D eigenvalue weighted by Gasteiger charge is 2.56. The van der Waals surface area contributed by atoms with Crippen molar-refractivity contribution < 1.29 is 66.6 Å². The lowest BCUT2D eigenvalue weighted by Crippen LogP contribution is -2.65. The first-order valence-electron chi connectivity index (χ1n) is 21.9. The molecule has 364 valence electrons. The van der Waals surface area contributed by atoms with Gasteiger partial charge in [0.1, 0.15) is 30.0 Å². The number of nitrogens with two attached hydrogens (primary N) is 1. The summed E-state index contributed by atoms with van der Waals surface area (Å²) in [6.07, 6.45) is -7.45. The Labute approximate surface area is 388 Å². The van der Waals surface area contributed by atoms with E-state index in [9.17, 15) is 24.0 Å². The highest BCUT2D eigenvalue weighted by Crippen LogP contribution is 2.41. The van der Waals surface area contributed by atoms with Gasteiger partial charge in [0.25, 0.3) is 5.91 Å². The fraction of sp³-hybridized carbons (Fsp3) is 0.592. The van der Waals surface area contributed by atoms with Gasteiger partial charge in [-0.15, -0.1) is 5.10 Å². The molecule has 2 N–H and O–H groups in total. The first kappa shape index (κ1) is 52.8. The quantitative estimate of drug-likeness (QED) is 0.111. The zero-order valence-electron chi connectivity index (χ0n) is 41.3. The van der Waals surface area contributed by atoms with Crippen LogP contribution in [-0.2, 0) is 54.1 Å². The SMILES string of the molecule is COc1ccc(-c2c(Cc3ccc(OCC(N)=O)cc3OC)c(O[C@@H]3O[C@H](COC(=O)C(C)(C)C)[C@@H](OC(=O)C(C)(C)C)[C@H](OC(=O)C(C)(C)C)[C@H]3OC(=O)C(C)(C)C)nn2C(C)C)cc1. The smallest absolute Gasteiger partial charge is 0.311 e. The Morgan fingerprint density at radius 1 is 0.697 bits per heavy atom. The molecule has 4 rings (SSSR count). The number of carbonyl (C=O) groups is 5. The second-order valence-corrected chi connectivity index (χ2v) is 20.7. The van der Waals surface area contributed by atoms with Crippen LogP contribution in [0, 0.1) is 21.7 Å². The molecule has 1 fully saturated rings. The Kier molecular flexibility index (Phi) is 16.6. The fourth-order valence-corrected chi connectivity index (χ4v) is 6.33. The van der Waals surface area contributed by atoms with Crippen LogP contribution in [0.2, 0.25) is 0 Å². The summed E-state index contributed by atoms with van der Waals surface area (Å²) < 4.78 is 56.6. The number of ether oxygens (including phenoxy) is 9. The zero-order chi connectivity index (χ0) is 49.7. The zero-order valence-corrected chi connectivity index (χ0v) is 41.3. The molecule has 1 saturated heterocycles. The standard InChI is InChI=1S/C49H69N3O14/c1-27(2)52-36(28-17-20-30(58-15)21-18-28)32(23-29-19-22-31(24-33(29)59-16)60-26-35(50)53)40(51-52)66-41-39(65-45(57)49(12,13)14)38(64-44(56)48(9,10)11)37(63-43(55)47(6,7)8)34(62-41)25-61-42(54)46(3,4)5/h17-22,24,27,34,37-39,41H,23,25-26H2,1-16H3,(H2,50,53)/t34-,37-,38+,39-,41+/m1/s1. The Morgan fingerprint density at radius 3 is 1.70 bits per heavy atom. The number of primary amides is 1. The Morgan fingerprint density at radius 2 is 1.21 bits per heavy atom. The summed E-state index contributed by atoms with van der Waals surface area (Å²) in [5.41, 5.74) is 3.73. The minimum atomic E-state index is -1.62. The number of hydrogen-bond acceptors (Lipinski definition) is 15. The van der Waals surface area contributed by atoms with Gasteiger partial charge in [-0.3, -0.25) is 28.7 Å². The molecule has 17 nitrogen and oxygen atoms in total. The van der Waals surface area contributed by atoms with Gasteiger partial charge in [0.2, 0.25) is 18.3 Å². The van der Waals surface area contributed by atoms with E-state index in [2.05, 4.69) is 0 Å². The summed E-state index contributed by atoms with van der Waals surface area (Å²) in [5.74, 6) is -1.95. The minimum absolute atomic E-state index is 0.0314. The summed E-state index contributed by atoms with van der Waals surface area (Å²) in [7, 11) is 3.06. The maximum absolute atomic E-state index is 14.0. The van der Waals surface area contributed by atoms with Crippen LogP contribution in [0.1, 0.15) is 114 Å². The molecule has 1 aromatic heterocycles. The third-order valence-electron chi connectivity index (χ3n) is 10.2. The van der Waals surface area contributed by atoms with Crippen molar-refractivity contribution in [3.05, 3.63) is 53.6 Å². The lowest BCUT2D eigenvalue weighted by molar-refractivity contribution is -0.294. The Hall–Kier alpha value is -5.84. The number of rotatable bonds is 16. The molecule has 17 heteroatoms. The van der Waals surface area contributed by atoms with Crippen LogP contribution in [0.3, 0.4) is 0 Å². The first-order chi connectivity index (χ1) is 30.5. The Balaban J connectivity index is 2.03. The second kappa shape index (κ2) is 20.8. The van der Waals surface area contributed by atoms with E-state index in [1.165, 1.54) is 7.11 Å². The van der Waals surface area contributed by atoms with Crippen LogP contribution in [0.4, 0.5) is 0 Å². The van der Waals surface area contributed by atoms with Crippen molar-refractivity contribution in [3.8, 4) is 34.4 Å². The van der Waals surface area contributed by atoms with E-state index in [1.807, 2.05) is 38.1 Å². The molecule has 3 aromatic rings. The number of esters is 4. The average molecular weight is 924 g/mol. The van der Waals surface area contributed by atoms with Gasteiger partial charge in [0.15, 0.2) is 18.8 Å². The van der Waals surface area contributed by atoms with Crippen LogP contribution >= 0.6 is 0 Å². The van der Waals surface area contributed by atoms with E-state index in [0.29, 0.717) is 34.1 Å². The third kappa shape index (κ3) is 13.4. The van der Waals surface area contributed by atoms with E-state index in [1.54, 1.807) is 113 Å². The highest BCUT2D eigenvalue weighted by atomic mass is 16.7. The number of hydrogen-bond donors (Lipinski definition) is 1. The predicted molar refractivity (Wildman–Crippen MR) is 243 cm³/mol. The predicted octanol–water partition coefficient (Wildman–Crippen LogP) is 7.17. The number of amides is 1. The number of methoxy groups -OCH3 is 2. The van der Waals surface area contributed by atoms with Gasteiger partial charge in [0, 0.05) is 29.7 Å². The topological polar surface area (TPSA) is 212 Å². The molecule has 1 amide bonds. The molecule has 0 unspecified atom stereocenters. The summed E-state index contributed by atoms with van der Waals surface area (Å²) in [6, 6.07) is 12.2. The fourth-order valence-electron chi connectivity index (χ4n) is 6.33. The molecule has 0 bridgehead atoms. The maximum Gasteiger partial charge on any atom is 0.311 e. The van der Waals surface area contributed by atoms with E-state index in [0.717, 1.165) is 5.56 Å². The van der Waals surface area contributed by atoms with Gasteiger partial charge in [-0.05, 0) is 133 Å². The van der Waals surface area contributed by atoms with E-state index in [4.69, 9.17) is 53.5 Å². The molecule has 0 saturated carbocycles. The molecule has 0 aliphatic carbocycles.